The summed E-state index contributed by atoms with van der Waals surface area (Å²) in [5, 5.41) is 4.30. The smallest absolute Gasteiger partial charge is 0.229 e. The van der Waals surface area contributed by atoms with Crippen LogP contribution in [-0.2, 0) is 6.42 Å². The summed E-state index contributed by atoms with van der Waals surface area (Å²) in [6.07, 6.45) is 10.1. The molecule has 6 heteroatoms. The summed E-state index contributed by atoms with van der Waals surface area (Å²) < 4.78 is 5.51. The average molecular weight is 377 g/mol. The van der Waals surface area contributed by atoms with E-state index in [4.69, 9.17) is 9.51 Å². The van der Waals surface area contributed by atoms with Crippen molar-refractivity contribution in [2.45, 2.75) is 51.4 Å². The molecule has 0 aromatic carbocycles. The zero-order valence-corrected chi connectivity index (χ0v) is 16.6. The van der Waals surface area contributed by atoms with E-state index in [0.717, 1.165) is 30.9 Å². The Morgan fingerprint density at radius 1 is 1.07 bits per heavy atom. The molecule has 1 aliphatic heterocycles. The lowest BCUT2D eigenvalue weighted by molar-refractivity contribution is 0.359. The van der Waals surface area contributed by atoms with E-state index in [0.29, 0.717) is 11.7 Å². The van der Waals surface area contributed by atoms with E-state index in [9.17, 15) is 0 Å². The molecule has 6 nitrogen and oxygen atoms in total. The number of aromatic nitrogens is 4. The topological polar surface area (TPSA) is 67.9 Å². The van der Waals surface area contributed by atoms with Crippen LogP contribution in [0.4, 0.5) is 5.82 Å². The van der Waals surface area contributed by atoms with Crippen molar-refractivity contribution in [1.82, 2.24) is 20.1 Å². The zero-order chi connectivity index (χ0) is 19.3. The molecule has 1 atom stereocenters. The molecule has 1 saturated heterocycles. The van der Waals surface area contributed by atoms with Gasteiger partial charge >= 0.3 is 0 Å². The second kappa shape index (κ2) is 8.50. The molecule has 4 heterocycles. The Bertz CT molecular complexity index is 887. The largest absolute Gasteiger partial charge is 0.356 e. The lowest BCUT2D eigenvalue weighted by Gasteiger charge is -2.30. The van der Waals surface area contributed by atoms with Gasteiger partial charge in [-0.25, -0.2) is 4.98 Å². The predicted octanol–water partition coefficient (Wildman–Crippen LogP) is 4.35. The van der Waals surface area contributed by atoms with Crippen molar-refractivity contribution in [2.24, 2.45) is 0 Å². The van der Waals surface area contributed by atoms with Crippen molar-refractivity contribution in [3.8, 4) is 0 Å². The van der Waals surface area contributed by atoms with Crippen molar-refractivity contribution in [3.05, 3.63) is 65.7 Å². The number of pyridine rings is 2. The van der Waals surface area contributed by atoms with Gasteiger partial charge in [0.1, 0.15) is 5.82 Å². The first-order chi connectivity index (χ1) is 13.7. The Hall–Kier alpha value is -2.76. The highest BCUT2D eigenvalue weighted by Crippen LogP contribution is 2.31. The highest BCUT2D eigenvalue weighted by molar-refractivity contribution is 5.48. The van der Waals surface area contributed by atoms with Gasteiger partial charge in [0, 0.05) is 37.6 Å². The highest BCUT2D eigenvalue weighted by Gasteiger charge is 2.25. The molecule has 146 valence electrons. The average Bonchev–Trinajstić information content (AvgIpc) is 3.24. The summed E-state index contributed by atoms with van der Waals surface area (Å²) in [7, 11) is 0. The van der Waals surface area contributed by atoms with Gasteiger partial charge in [-0.2, -0.15) is 4.98 Å². The number of hydrogen-bond donors (Lipinski definition) is 0. The summed E-state index contributed by atoms with van der Waals surface area (Å²) in [6.45, 7) is 6.26. The maximum atomic E-state index is 5.51. The molecule has 0 saturated carbocycles. The summed E-state index contributed by atoms with van der Waals surface area (Å²) in [4.78, 5) is 16.1. The van der Waals surface area contributed by atoms with Crippen molar-refractivity contribution in [3.63, 3.8) is 0 Å². The number of piperidine rings is 1. The molecule has 3 aromatic heterocycles. The molecule has 1 fully saturated rings. The normalized spacial score (nSPS) is 15.8. The van der Waals surface area contributed by atoms with Crippen molar-refractivity contribution >= 4 is 5.82 Å². The van der Waals surface area contributed by atoms with Crippen LogP contribution in [0, 0.1) is 0 Å². The van der Waals surface area contributed by atoms with Crippen LogP contribution in [0.5, 0.6) is 0 Å². The molecule has 0 bridgehead atoms. The molecule has 28 heavy (non-hydrogen) atoms. The monoisotopic (exact) mass is 377 g/mol. The van der Waals surface area contributed by atoms with E-state index < -0.39 is 0 Å². The Morgan fingerprint density at radius 3 is 2.61 bits per heavy atom. The number of rotatable bonds is 6. The van der Waals surface area contributed by atoms with Crippen LogP contribution in [0.3, 0.4) is 0 Å². The molecule has 1 aliphatic rings. The maximum absolute atomic E-state index is 5.51. The SMILES string of the molecule is CC(C)c1nc(C(Cc2cccnc2N2CCCCC2)c2cccnc2)no1. The van der Waals surface area contributed by atoms with Gasteiger partial charge in [0.05, 0.1) is 5.92 Å². The van der Waals surface area contributed by atoms with E-state index in [-0.39, 0.29) is 11.8 Å². The molecule has 0 aliphatic carbocycles. The first-order valence-electron chi connectivity index (χ1n) is 10.1. The van der Waals surface area contributed by atoms with Gasteiger partial charge in [0.2, 0.25) is 5.89 Å². The molecule has 0 N–H and O–H groups in total. The zero-order valence-electron chi connectivity index (χ0n) is 16.6. The second-order valence-corrected chi connectivity index (χ2v) is 7.72. The first-order valence-corrected chi connectivity index (χ1v) is 10.1. The summed E-state index contributed by atoms with van der Waals surface area (Å²) in [5.41, 5.74) is 2.31. The van der Waals surface area contributed by atoms with Crippen LogP contribution >= 0.6 is 0 Å². The van der Waals surface area contributed by atoms with Crippen LogP contribution in [0.25, 0.3) is 0 Å². The Labute approximate surface area is 166 Å². The van der Waals surface area contributed by atoms with Crippen LogP contribution in [0.1, 0.15) is 67.8 Å². The van der Waals surface area contributed by atoms with Gasteiger partial charge < -0.3 is 9.42 Å². The minimum atomic E-state index is -0.0160. The fourth-order valence-corrected chi connectivity index (χ4v) is 3.76. The third kappa shape index (κ3) is 4.06. The van der Waals surface area contributed by atoms with Gasteiger partial charge in [-0.15, -0.1) is 0 Å². The lowest BCUT2D eigenvalue weighted by Crippen LogP contribution is -2.31. The van der Waals surface area contributed by atoms with Crippen LogP contribution < -0.4 is 4.90 Å². The van der Waals surface area contributed by atoms with E-state index in [1.165, 1.54) is 24.8 Å². The van der Waals surface area contributed by atoms with Crippen LogP contribution in [-0.4, -0.2) is 33.2 Å². The molecule has 1 unspecified atom stereocenters. The molecule has 0 amide bonds. The van der Waals surface area contributed by atoms with E-state index in [1.807, 2.05) is 24.5 Å². The maximum Gasteiger partial charge on any atom is 0.229 e. The standard InChI is InChI=1S/C22H27N5O/c1-16(2)22-25-20(26-28-22)19(18-9-6-10-23-15-18)14-17-8-7-11-24-21(17)27-12-4-3-5-13-27/h6-11,15-16,19H,3-5,12-14H2,1-2H3. The van der Waals surface area contributed by atoms with Gasteiger partial charge in [-0.05, 0) is 48.9 Å². The number of hydrogen-bond acceptors (Lipinski definition) is 6. The predicted molar refractivity (Wildman–Crippen MR) is 108 cm³/mol. The fourth-order valence-electron chi connectivity index (χ4n) is 3.76. The molecule has 0 spiro atoms. The molecule has 0 radical (unpaired) electrons. The summed E-state index contributed by atoms with van der Waals surface area (Å²) in [5.74, 6) is 2.66. The van der Waals surface area contributed by atoms with Gasteiger partial charge in [0.15, 0.2) is 5.82 Å². The number of nitrogens with zero attached hydrogens (tertiary/aromatic N) is 5. The highest BCUT2D eigenvalue weighted by atomic mass is 16.5. The molecule has 3 aromatic rings. The van der Waals surface area contributed by atoms with Crippen molar-refractivity contribution in [1.29, 1.82) is 0 Å². The molecule has 4 rings (SSSR count). The third-order valence-electron chi connectivity index (χ3n) is 5.30. The van der Waals surface area contributed by atoms with Gasteiger partial charge in [-0.1, -0.05) is 31.1 Å². The Balaban J connectivity index is 1.68. The third-order valence-corrected chi connectivity index (χ3v) is 5.30. The quantitative estimate of drug-likeness (QED) is 0.636. The lowest BCUT2D eigenvalue weighted by atomic mass is 9.92. The summed E-state index contributed by atoms with van der Waals surface area (Å²) >= 11 is 0. The second-order valence-electron chi connectivity index (χ2n) is 7.72. The van der Waals surface area contributed by atoms with Crippen molar-refractivity contribution < 1.29 is 4.52 Å². The summed E-state index contributed by atoms with van der Waals surface area (Å²) in [6, 6.07) is 8.23. The van der Waals surface area contributed by atoms with Gasteiger partial charge in [0.25, 0.3) is 0 Å². The minimum absolute atomic E-state index is 0.0160. The van der Waals surface area contributed by atoms with Crippen molar-refractivity contribution in [2.75, 3.05) is 18.0 Å². The fraction of sp³-hybridized carbons (Fsp3) is 0.455. The van der Waals surface area contributed by atoms with Crippen LogP contribution in [0.15, 0.2) is 47.4 Å². The Kier molecular flexibility index (Phi) is 5.65. The van der Waals surface area contributed by atoms with Crippen LogP contribution in [0.2, 0.25) is 0 Å². The molecular weight excluding hydrogens is 350 g/mol. The van der Waals surface area contributed by atoms with E-state index in [1.54, 1.807) is 6.20 Å². The van der Waals surface area contributed by atoms with E-state index >= 15 is 0 Å². The first kappa shape index (κ1) is 18.6. The molecular formula is C22H27N5O. The Morgan fingerprint density at radius 2 is 1.89 bits per heavy atom. The number of anilines is 1. The minimum Gasteiger partial charge on any atom is -0.356 e. The van der Waals surface area contributed by atoms with E-state index in [2.05, 4.69) is 46.0 Å². The van der Waals surface area contributed by atoms with Gasteiger partial charge in [-0.3, -0.25) is 4.98 Å².